The number of nitrogens with two attached hydrogens (primary N) is 1. The summed E-state index contributed by atoms with van der Waals surface area (Å²) in [6.45, 7) is -0.0697. The first-order valence-electron chi connectivity index (χ1n) is 5.82. The molecule has 0 saturated carbocycles. The van der Waals surface area contributed by atoms with Crippen LogP contribution in [0.1, 0.15) is 17.2 Å². The molecular formula is C13H12F3N3O. The van der Waals surface area contributed by atoms with Gasteiger partial charge in [-0.05, 0) is 11.6 Å². The number of aromatic nitrogens is 2. The first kappa shape index (κ1) is 14.3. The van der Waals surface area contributed by atoms with E-state index < -0.39 is 17.8 Å². The molecule has 1 atom stereocenters. The monoisotopic (exact) mass is 283 g/mol. The molecule has 0 spiro atoms. The van der Waals surface area contributed by atoms with E-state index in [9.17, 15) is 18.0 Å². The second-order valence-corrected chi connectivity index (χ2v) is 4.26. The van der Waals surface area contributed by atoms with E-state index in [1.807, 2.05) is 0 Å². The molecule has 1 aromatic carbocycles. The van der Waals surface area contributed by atoms with Gasteiger partial charge in [0.2, 0.25) is 0 Å². The Bertz CT molecular complexity index is 652. The van der Waals surface area contributed by atoms with Gasteiger partial charge in [0.05, 0.1) is 11.9 Å². The second kappa shape index (κ2) is 5.46. The summed E-state index contributed by atoms with van der Waals surface area (Å²) >= 11 is 0. The van der Waals surface area contributed by atoms with Crippen LogP contribution in [0.2, 0.25) is 0 Å². The van der Waals surface area contributed by atoms with E-state index in [0.717, 1.165) is 6.07 Å². The zero-order valence-electron chi connectivity index (χ0n) is 10.3. The molecule has 2 aromatic rings. The minimum absolute atomic E-state index is 0.0456. The average Bonchev–Trinajstić information content (AvgIpc) is 2.40. The molecule has 0 aliphatic carbocycles. The molecule has 2 rings (SSSR count). The SMILES string of the molecule is NC(Cn1cnccc1=O)c1ccccc1C(F)(F)F. The zero-order chi connectivity index (χ0) is 14.8. The molecule has 0 bridgehead atoms. The van der Waals surface area contributed by atoms with Crippen LogP contribution in [0.25, 0.3) is 0 Å². The predicted octanol–water partition coefficient (Wildman–Crippen LogP) is 1.96. The van der Waals surface area contributed by atoms with Crippen LogP contribution in [0.15, 0.2) is 47.7 Å². The van der Waals surface area contributed by atoms with Crippen LogP contribution in [0, 0.1) is 0 Å². The lowest BCUT2D eigenvalue weighted by Gasteiger charge is -2.18. The van der Waals surface area contributed by atoms with Crippen molar-refractivity contribution >= 4 is 0 Å². The quantitative estimate of drug-likeness (QED) is 0.936. The summed E-state index contributed by atoms with van der Waals surface area (Å²) in [5, 5.41) is 0. The molecule has 1 unspecified atom stereocenters. The van der Waals surface area contributed by atoms with Crippen molar-refractivity contribution in [3.05, 3.63) is 64.3 Å². The fourth-order valence-electron chi connectivity index (χ4n) is 1.90. The summed E-state index contributed by atoms with van der Waals surface area (Å²) in [7, 11) is 0. The first-order chi connectivity index (χ1) is 9.39. The third kappa shape index (κ3) is 3.05. The van der Waals surface area contributed by atoms with Gasteiger partial charge in [0.15, 0.2) is 0 Å². The Morgan fingerprint density at radius 1 is 1.25 bits per heavy atom. The molecule has 4 nitrogen and oxygen atoms in total. The maximum Gasteiger partial charge on any atom is 0.416 e. The fourth-order valence-corrected chi connectivity index (χ4v) is 1.90. The lowest BCUT2D eigenvalue weighted by atomic mass is 10.0. The smallest absolute Gasteiger partial charge is 0.322 e. The third-order valence-electron chi connectivity index (χ3n) is 2.85. The molecule has 2 N–H and O–H groups in total. The van der Waals surface area contributed by atoms with Gasteiger partial charge >= 0.3 is 6.18 Å². The van der Waals surface area contributed by atoms with Crippen molar-refractivity contribution in [1.82, 2.24) is 9.55 Å². The Morgan fingerprint density at radius 2 is 1.95 bits per heavy atom. The summed E-state index contributed by atoms with van der Waals surface area (Å²) in [5.41, 5.74) is 4.61. The number of hydrogen-bond donors (Lipinski definition) is 1. The molecule has 0 aliphatic heterocycles. The lowest BCUT2D eigenvalue weighted by molar-refractivity contribution is -0.138. The van der Waals surface area contributed by atoms with E-state index in [1.54, 1.807) is 0 Å². The standard InChI is InChI=1S/C13H12F3N3O/c14-13(15,16)10-4-2-1-3-9(10)11(17)7-19-8-18-6-5-12(19)20/h1-6,8,11H,7,17H2. The lowest BCUT2D eigenvalue weighted by Crippen LogP contribution is -2.27. The van der Waals surface area contributed by atoms with Crippen molar-refractivity contribution < 1.29 is 13.2 Å². The molecule has 0 amide bonds. The van der Waals surface area contributed by atoms with Gasteiger partial charge in [0.25, 0.3) is 5.56 Å². The Labute approximate surface area is 112 Å². The molecule has 1 aromatic heterocycles. The maximum atomic E-state index is 12.9. The highest BCUT2D eigenvalue weighted by atomic mass is 19.4. The number of nitrogens with zero attached hydrogens (tertiary/aromatic N) is 2. The highest BCUT2D eigenvalue weighted by molar-refractivity contribution is 5.32. The molecule has 20 heavy (non-hydrogen) atoms. The van der Waals surface area contributed by atoms with Gasteiger partial charge in [-0.1, -0.05) is 18.2 Å². The van der Waals surface area contributed by atoms with Crippen molar-refractivity contribution in [2.24, 2.45) is 5.73 Å². The Balaban J connectivity index is 2.33. The van der Waals surface area contributed by atoms with E-state index in [4.69, 9.17) is 5.73 Å². The number of alkyl halides is 3. The maximum absolute atomic E-state index is 12.9. The Kier molecular flexibility index (Phi) is 3.89. The van der Waals surface area contributed by atoms with Gasteiger partial charge in [0.1, 0.15) is 0 Å². The number of hydrogen-bond acceptors (Lipinski definition) is 3. The van der Waals surface area contributed by atoms with Gasteiger partial charge in [-0.3, -0.25) is 9.36 Å². The molecule has 0 aliphatic rings. The summed E-state index contributed by atoms with van der Waals surface area (Å²) in [6, 6.07) is 5.35. The van der Waals surface area contributed by atoms with E-state index in [2.05, 4.69) is 4.98 Å². The second-order valence-electron chi connectivity index (χ2n) is 4.26. The topological polar surface area (TPSA) is 60.9 Å². The Morgan fingerprint density at radius 3 is 2.60 bits per heavy atom. The third-order valence-corrected chi connectivity index (χ3v) is 2.85. The van der Waals surface area contributed by atoms with Crippen LogP contribution in [-0.4, -0.2) is 9.55 Å². The molecule has 0 fully saturated rings. The summed E-state index contributed by atoms with van der Waals surface area (Å²) < 4.78 is 39.8. The molecule has 1 heterocycles. The highest BCUT2D eigenvalue weighted by Gasteiger charge is 2.34. The number of halogens is 3. The first-order valence-corrected chi connectivity index (χ1v) is 5.82. The van der Waals surface area contributed by atoms with Crippen molar-refractivity contribution in [2.45, 2.75) is 18.8 Å². The van der Waals surface area contributed by atoms with Crippen molar-refractivity contribution in [3.63, 3.8) is 0 Å². The predicted molar refractivity (Wildman–Crippen MR) is 66.9 cm³/mol. The highest BCUT2D eigenvalue weighted by Crippen LogP contribution is 2.34. The van der Waals surface area contributed by atoms with E-state index in [0.29, 0.717) is 0 Å². The molecule has 7 heteroatoms. The van der Waals surface area contributed by atoms with Crippen LogP contribution >= 0.6 is 0 Å². The van der Waals surface area contributed by atoms with E-state index in [1.165, 1.54) is 41.4 Å². The minimum atomic E-state index is -4.48. The number of rotatable bonds is 3. The average molecular weight is 283 g/mol. The van der Waals surface area contributed by atoms with E-state index >= 15 is 0 Å². The largest absolute Gasteiger partial charge is 0.416 e. The summed E-state index contributed by atoms with van der Waals surface area (Å²) in [5.74, 6) is 0. The van der Waals surface area contributed by atoms with Crippen molar-refractivity contribution in [1.29, 1.82) is 0 Å². The Hall–Kier alpha value is -2.15. The van der Waals surface area contributed by atoms with Gasteiger partial charge < -0.3 is 5.73 Å². The van der Waals surface area contributed by atoms with Gasteiger partial charge in [-0.15, -0.1) is 0 Å². The van der Waals surface area contributed by atoms with Gasteiger partial charge in [-0.2, -0.15) is 13.2 Å². The fraction of sp³-hybridized carbons (Fsp3) is 0.231. The van der Waals surface area contributed by atoms with Gasteiger partial charge in [0, 0.05) is 24.8 Å². The van der Waals surface area contributed by atoms with Gasteiger partial charge in [-0.25, -0.2) is 4.98 Å². The summed E-state index contributed by atoms with van der Waals surface area (Å²) in [4.78, 5) is 15.3. The van der Waals surface area contributed by atoms with E-state index in [-0.39, 0.29) is 17.7 Å². The molecular weight excluding hydrogens is 271 g/mol. The minimum Gasteiger partial charge on any atom is -0.322 e. The van der Waals surface area contributed by atoms with Crippen LogP contribution in [-0.2, 0) is 12.7 Å². The van der Waals surface area contributed by atoms with Crippen LogP contribution < -0.4 is 11.3 Å². The summed E-state index contributed by atoms with van der Waals surface area (Å²) in [6.07, 6.45) is -1.92. The normalized spacial score (nSPS) is 13.2. The van der Waals surface area contributed by atoms with Crippen LogP contribution in [0.3, 0.4) is 0 Å². The molecule has 0 saturated heterocycles. The van der Waals surface area contributed by atoms with Crippen molar-refractivity contribution in [2.75, 3.05) is 0 Å². The zero-order valence-corrected chi connectivity index (χ0v) is 10.3. The van der Waals surface area contributed by atoms with Crippen LogP contribution in [0.4, 0.5) is 13.2 Å². The molecule has 0 radical (unpaired) electrons. The van der Waals surface area contributed by atoms with Crippen molar-refractivity contribution in [3.8, 4) is 0 Å². The van der Waals surface area contributed by atoms with Crippen LogP contribution in [0.5, 0.6) is 0 Å². The number of benzene rings is 1. The molecule has 106 valence electrons.